The smallest absolute Gasteiger partial charge is 0.240 e. The molecule has 1 unspecified atom stereocenters. The van der Waals surface area contributed by atoms with E-state index in [2.05, 4.69) is 5.32 Å². The summed E-state index contributed by atoms with van der Waals surface area (Å²) in [5.41, 5.74) is 5.97. The molecular formula is C11H14N2O3. The zero-order valence-corrected chi connectivity index (χ0v) is 8.93. The number of nitrogens with one attached hydrogen (secondary N) is 1. The average Bonchev–Trinajstić information content (AvgIpc) is 2.19. The summed E-state index contributed by atoms with van der Waals surface area (Å²) in [5, 5.41) is 11.6. The van der Waals surface area contributed by atoms with E-state index in [1.54, 1.807) is 12.1 Å². The van der Waals surface area contributed by atoms with Crippen molar-refractivity contribution in [3.63, 3.8) is 0 Å². The summed E-state index contributed by atoms with van der Waals surface area (Å²) in [5.74, 6) is -0.732. The van der Waals surface area contributed by atoms with Crippen LogP contribution in [0.1, 0.15) is 12.5 Å². The van der Waals surface area contributed by atoms with E-state index in [9.17, 15) is 9.59 Å². The van der Waals surface area contributed by atoms with Crippen LogP contribution in [0.5, 0.6) is 5.75 Å². The van der Waals surface area contributed by atoms with Crippen LogP contribution in [0.3, 0.4) is 0 Å². The molecule has 0 bridgehead atoms. The van der Waals surface area contributed by atoms with E-state index in [-0.39, 0.29) is 11.7 Å². The van der Waals surface area contributed by atoms with E-state index in [0.717, 1.165) is 5.56 Å². The molecule has 0 radical (unpaired) electrons. The molecule has 4 N–H and O–H groups in total. The molecule has 1 aromatic rings. The van der Waals surface area contributed by atoms with Gasteiger partial charge in [0, 0.05) is 13.3 Å². The Labute approximate surface area is 93.3 Å². The fourth-order valence-corrected chi connectivity index (χ4v) is 1.34. The third kappa shape index (κ3) is 3.61. The van der Waals surface area contributed by atoms with Gasteiger partial charge in [0.2, 0.25) is 11.8 Å². The number of hydrogen-bond acceptors (Lipinski definition) is 3. The zero-order valence-electron chi connectivity index (χ0n) is 8.93. The van der Waals surface area contributed by atoms with Crippen molar-refractivity contribution in [3.05, 3.63) is 29.8 Å². The molecule has 0 heterocycles. The lowest BCUT2D eigenvalue weighted by Crippen LogP contribution is -2.44. The summed E-state index contributed by atoms with van der Waals surface area (Å²) in [6.07, 6.45) is 0.315. The third-order valence-corrected chi connectivity index (χ3v) is 2.10. The Balaban J connectivity index is 2.71. The molecule has 0 spiro atoms. The lowest BCUT2D eigenvalue weighted by Gasteiger charge is -2.14. The zero-order chi connectivity index (χ0) is 12.1. The maximum absolute atomic E-state index is 11.1. The summed E-state index contributed by atoms with van der Waals surface area (Å²) < 4.78 is 0. The first kappa shape index (κ1) is 12.0. The number of benzene rings is 1. The largest absolute Gasteiger partial charge is 0.508 e. The van der Waals surface area contributed by atoms with Crippen LogP contribution >= 0.6 is 0 Å². The van der Waals surface area contributed by atoms with E-state index >= 15 is 0 Å². The minimum Gasteiger partial charge on any atom is -0.508 e. The molecular weight excluding hydrogens is 208 g/mol. The molecule has 1 aromatic carbocycles. The maximum Gasteiger partial charge on any atom is 0.240 e. The van der Waals surface area contributed by atoms with Gasteiger partial charge in [-0.15, -0.1) is 0 Å². The average molecular weight is 222 g/mol. The number of carbonyl (C=O) groups is 2. The summed E-state index contributed by atoms with van der Waals surface area (Å²) in [4.78, 5) is 21.9. The molecule has 0 fully saturated rings. The van der Waals surface area contributed by atoms with E-state index in [1.807, 2.05) is 0 Å². The topological polar surface area (TPSA) is 92.4 Å². The van der Waals surface area contributed by atoms with Crippen LogP contribution in [0, 0.1) is 0 Å². The van der Waals surface area contributed by atoms with E-state index in [1.165, 1.54) is 19.1 Å². The van der Waals surface area contributed by atoms with Crippen LogP contribution in [0.4, 0.5) is 0 Å². The number of phenols is 1. The van der Waals surface area contributed by atoms with Gasteiger partial charge in [-0.3, -0.25) is 9.59 Å². The van der Waals surface area contributed by atoms with Gasteiger partial charge in [0.15, 0.2) is 0 Å². The summed E-state index contributed by atoms with van der Waals surface area (Å²) in [6, 6.07) is 5.66. The van der Waals surface area contributed by atoms with Gasteiger partial charge in [-0.1, -0.05) is 12.1 Å². The highest BCUT2D eigenvalue weighted by atomic mass is 16.3. The second-order valence-corrected chi connectivity index (χ2v) is 3.53. The monoisotopic (exact) mass is 222 g/mol. The predicted octanol–water partition coefficient (Wildman–Crippen LogP) is -0.0753. The number of hydrogen-bond donors (Lipinski definition) is 3. The molecule has 0 aliphatic carbocycles. The second kappa shape index (κ2) is 5.16. The Morgan fingerprint density at radius 2 is 1.94 bits per heavy atom. The first-order chi connectivity index (χ1) is 7.49. The van der Waals surface area contributed by atoms with E-state index in [4.69, 9.17) is 10.8 Å². The quantitative estimate of drug-likeness (QED) is 0.665. The highest BCUT2D eigenvalue weighted by Crippen LogP contribution is 2.11. The normalized spacial score (nSPS) is 11.8. The molecule has 0 aromatic heterocycles. The van der Waals surface area contributed by atoms with Gasteiger partial charge in [0.05, 0.1) is 0 Å². The molecule has 0 aliphatic heterocycles. The predicted molar refractivity (Wildman–Crippen MR) is 58.6 cm³/mol. The number of phenolic OH excluding ortho intramolecular Hbond substituents is 1. The number of aromatic hydroxyl groups is 1. The Bertz CT molecular complexity index is 387. The van der Waals surface area contributed by atoms with Gasteiger partial charge in [0.25, 0.3) is 0 Å². The molecule has 0 saturated heterocycles. The Morgan fingerprint density at radius 1 is 1.38 bits per heavy atom. The molecule has 2 amide bonds. The Kier molecular flexibility index (Phi) is 3.88. The first-order valence-corrected chi connectivity index (χ1v) is 4.83. The highest BCUT2D eigenvalue weighted by Gasteiger charge is 2.16. The van der Waals surface area contributed by atoms with Crippen LogP contribution in [0.25, 0.3) is 0 Å². The fourth-order valence-electron chi connectivity index (χ4n) is 1.34. The minimum absolute atomic E-state index is 0.152. The number of carbonyl (C=O) groups excluding carboxylic acids is 2. The molecule has 0 aliphatic rings. The summed E-state index contributed by atoms with van der Waals surface area (Å²) in [7, 11) is 0. The lowest BCUT2D eigenvalue weighted by atomic mass is 10.1. The standard InChI is InChI=1S/C11H14N2O3/c1-7(14)13-10(11(12)16)6-8-2-4-9(15)5-3-8/h2-5,10,15H,6H2,1H3,(H2,12,16)(H,13,14). The molecule has 16 heavy (non-hydrogen) atoms. The molecule has 1 atom stereocenters. The van der Waals surface area contributed by atoms with E-state index < -0.39 is 11.9 Å². The maximum atomic E-state index is 11.1. The Morgan fingerprint density at radius 3 is 2.38 bits per heavy atom. The van der Waals surface area contributed by atoms with Gasteiger partial charge in [-0.2, -0.15) is 0 Å². The molecule has 0 saturated carbocycles. The molecule has 86 valence electrons. The number of nitrogens with two attached hydrogens (primary N) is 1. The molecule has 1 rings (SSSR count). The van der Waals surface area contributed by atoms with Gasteiger partial charge in [-0.25, -0.2) is 0 Å². The lowest BCUT2D eigenvalue weighted by molar-refractivity contribution is -0.126. The van der Waals surface area contributed by atoms with Crippen LogP contribution in [-0.2, 0) is 16.0 Å². The fraction of sp³-hybridized carbons (Fsp3) is 0.273. The van der Waals surface area contributed by atoms with Crippen molar-refractivity contribution in [2.75, 3.05) is 0 Å². The van der Waals surface area contributed by atoms with Crippen LogP contribution in [0.15, 0.2) is 24.3 Å². The van der Waals surface area contributed by atoms with Gasteiger partial charge < -0.3 is 16.2 Å². The van der Waals surface area contributed by atoms with E-state index in [0.29, 0.717) is 6.42 Å². The van der Waals surface area contributed by atoms with Crippen LogP contribution in [0.2, 0.25) is 0 Å². The van der Waals surface area contributed by atoms with Gasteiger partial charge in [-0.05, 0) is 17.7 Å². The van der Waals surface area contributed by atoms with Crippen molar-refractivity contribution in [1.82, 2.24) is 5.32 Å². The van der Waals surface area contributed by atoms with Crippen molar-refractivity contribution < 1.29 is 14.7 Å². The Hall–Kier alpha value is -2.04. The summed E-state index contributed by atoms with van der Waals surface area (Å²) >= 11 is 0. The second-order valence-electron chi connectivity index (χ2n) is 3.53. The third-order valence-electron chi connectivity index (χ3n) is 2.10. The van der Waals surface area contributed by atoms with Crippen molar-refractivity contribution in [3.8, 4) is 5.75 Å². The number of rotatable bonds is 4. The van der Waals surface area contributed by atoms with Crippen LogP contribution in [-0.4, -0.2) is 23.0 Å². The van der Waals surface area contributed by atoms with Crippen molar-refractivity contribution in [2.45, 2.75) is 19.4 Å². The van der Waals surface area contributed by atoms with Crippen molar-refractivity contribution in [2.24, 2.45) is 5.73 Å². The first-order valence-electron chi connectivity index (χ1n) is 4.83. The van der Waals surface area contributed by atoms with Crippen molar-refractivity contribution in [1.29, 1.82) is 0 Å². The van der Waals surface area contributed by atoms with Gasteiger partial charge >= 0.3 is 0 Å². The SMILES string of the molecule is CC(=O)NC(Cc1ccc(O)cc1)C(N)=O. The van der Waals surface area contributed by atoms with Crippen molar-refractivity contribution >= 4 is 11.8 Å². The molecule has 5 heteroatoms. The number of primary amides is 1. The molecule has 5 nitrogen and oxygen atoms in total. The van der Waals surface area contributed by atoms with Crippen LogP contribution < -0.4 is 11.1 Å². The highest BCUT2D eigenvalue weighted by molar-refractivity contribution is 5.85. The minimum atomic E-state index is -0.720. The summed E-state index contributed by atoms with van der Waals surface area (Å²) in [6.45, 7) is 1.33. The van der Waals surface area contributed by atoms with Gasteiger partial charge in [0.1, 0.15) is 11.8 Å². The number of amides is 2.